The van der Waals surface area contributed by atoms with Crippen LogP contribution in [0.1, 0.15) is 49.1 Å². The molecule has 2 heteroatoms. The zero-order valence-electron chi connectivity index (χ0n) is 10.2. The quantitative estimate of drug-likeness (QED) is 0.800. The van der Waals surface area contributed by atoms with Crippen LogP contribution in [0.15, 0.2) is 18.2 Å². The highest BCUT2D eigenvalue weighted by molar-refractivity contribution is 5.79. The van der Waals surface area contributed by atoms with E-state index in [9.17, 15) is 4.79 Å². The fourth-order valence-corrected chi connectivity index (χ4v) is 3.02. The number of aryl methyl sites for hydroxylation is 1. The molecule has 90 valence electrons. The molecule has 0 aromatic heterocycles. The first kappa shape index (κ1) is 10.8. The number of hydrogen-bond acceptors (Lipinski definition) is 2. The number of hydrogen-bond donors (Lipinski definition) is 1. The smallest absolute Gasteiger partial charge is 0.132 e. The lowest BCUT2D eigenvalue weighted by molar-refractivity contribution is -0.120. The predicted molar refractivity (Wildman–Crippen MR) is 69.5 cm³/mol. The molecule has 1 N–H and O–H groups in total. The van der Waals surface area contributed by atoms with Crippen molar-refractivity contribution in [3.63, 3.8) is 0 Å². The molecule has 1 aliphatic carbocycles. The summed E-state index contributed by atoms with van der Waals surface area (Å²) in [6.45, 7) is 1.10. The van der Waals surface area contributed by atoms with Gasteiger partial charge in [-0.3, -0.25) is 4.79 Å². The Morgan fingerprint density at radius 2 is 1.94 bits per heavy atom. The van der Waals surface area contributed by atoms with Crippen molar-refractivity contribution in [1.29, 1.82) is 0 Å². The van der Waals surface area contributed by atoms with Crippen LogP contribution in [0.3, 0.4) is 0 Å². The monoisotopic (exact) mass is 229 g/mol. The molecule has 1 fully saturated rings. The highest BCUT2D eigenvalue weighted by Gasteiger charge is 2.21. The normalized spacial score (nSPS) is 20.8. The van der Waals surface area contributed by atoms with Crippen molar-refractivity contribution in [2.24, 2.45) is 0 Å². The van der Waals surface area contributed by atoms with Gasteiger partial charge in [0.05, 0.1) is 0 Å². The largest absolute Gasteiger partial charge is 0.385 e. The number of rotatable bonds is 1. The minimum atomic E-state index is 0.445. The van der Waals surface area contributed by atoms with E-state index >= 15 is 0 Å². The lowest BCUT2D eigenvalue weighted by Crippen LogP contribution is -2.15. The Bertz CT molecular complexity index is 429. The molecule has 0 spiro atoms. The van der Waals surface area contributed by atoms with E-state index in [4.69, 9.17) is 0 Å². The van der Waals surface area contributed by atoms with Gasteiger partial charge in [-0.15, -0.1) is 0 Å². The molecule has 3 rings (SSSR count). The van der Waals surface area contributed by atoms with Gasteiger partial charge in [0.15, 0.2) is 0 Å². The molecule has 1 heterocycles. The first-order chi connectivity index (χ1) is 8.33. The van der Waals surface area contributed by atoms with Crippen LogP contribution in [0.5, 0.6) is 0 Å². The topological polar surface area (TPSA) is 29.1 Å². The van der Waals surface area contributed by atoms with Gasteiger partial charge in [-0.1, -0.05) is 12.1 Å². The Labute approximate surface area is 102 Å². The van der Waals surface area contributed by atoms with E-state index in [0.717, 1.165) is 32.2 Å². The van der Waals surface area contributed by atoms with Gasteiger partial charge in [-0.05, 0) is 48.8 Å². The molecule has 1 aromatic carbocycles. The van der Waals surface area contributed by atoms with Crippen molar-refractivity contribution in [2.75, 3.05) is 11.9 Å². The molecular formula is C15H19NO. The summed E-state index contributed by atoms with van der Waals surface area (Å²) in [5.74, 6) is 1.06. The third kappa shape index (κ3) is 2.21. The van der Waals surface area contributed by atoms with E-state index in [-0.39, 0.29) is 0 Å². The molecular weight excluding hydrogens is 210 g/mol. The summed E-state index contributed by atoms with van der Waals surface area (Å²) in [6.07, 6.45) is 6.08. The molecule has 0 unspecified atom stereocenters. The maximum absolute atomic E-state index is 11.3. The van der Waals surface area contributed by atoms with Crippen molar-refractivity contribution >= 4 is 11.5 Å². The fourth-order valence-electron chi connectivity index (χ4n) is 3.02. The van der Waals surface area contributed by atoms with E-state index in [0.29, 0.717) is 11.7 Å². The number of benzene rings is 1. The van der Waals surface area contributed by atoms with Gasteiger partial charge >= 0.3 is 0 Å². The standard InChI is InChI=1S/C15H19NO/c17-14-6-3-11(4-7-14)12-5-8-15-13(10-12)2-1-9-16-15/h5,8,10-11,16H,1-4,6-7,9H2. The number of anilines is 1. The number of ketones is 1. The van der Waals surface area contributed by atoms with Crippen LogP contribution in [0, 0.1) is 0 Å². The van der Waals surface area contributed by atoms with Crippen molar-refractivity contribution in [3.05, 3.63) is 29.3 Å². The van der Waals surface area contributed by atoms with E-state index in [1.54, 1.807) is 0 Å². The Morgan fingerprint density at radius 3 is 2.76 bits per heavy atom. The van der Waals surface area contributed by atoms with Gasteiger partial charge in [-0.2, -0.15) is 0 Å². The average molecular weight is 229 g/mol. The second kappa shape index (κ2) is 4.52. The van der Waals surface area contributed by atoms with E-state index < -0.39 is 0 Å². The summed E-state index contributed by atoms with van der Waals surface area (Å²) in [6, 6.07) is 6.83. The average Bonchev–Trinajstić information content (AvgIpc) is 2.39. The van der Waals surface area contributed by atoms with Gasteiger partial charge in [0, 0.05) is 25.1 Å². The molecule has 17 heavy (non-hydrogen) atoms. The predicted octanol–water partition coefficient (Wildman–Crippen LogP) is 3.27. The first-order valence-electron chi connectivity index (χ1n) is 6.71. The second-order valence-electron chi connectivity index (χ2n) is 5.26. The molecule has 1 aliphatic heterocycles. The Morgan fingerprint density at radius 1 is 1.12 bits per heavy atom. The number of fused-ring (bicyclic) bond motifs is 1. The van der Waals surface area contributed by atoms with Crippen LogP contribution in [-0.2, 0) is 11.2 Å². The lowest BCUT2D eigenvalue weighted by atomic mass is 9.82. The van der Waals surface area contributed by atoms with Crippen LogP contribution < -0.4 is 5.32 Å². The summed E-state index contributed by atoms with van der Waals surface area (Å²) in [5.41, 5.74) is 4.22. The molecule has 2 aliphatic rings. The Kier molecular flexibility index (Phi) is 2.87. The minimum Gasteiger partial charge on any atom is -0.385 e. The Hall–Kier alpha value is -1.31. The summed E-state index contributed by atoms with van der Waals surface area (Å²) >= 11 is 0. The molecule has 1 saturated carbocycles. The zero-order valence-corrected chi connectivity index (χ0v) is 10.2. The second-order valence-corrected chi connectivity index (χ2v) is 5.26. The van der Waals surface area contributed by atoms with Crippen LogP contribution >= 0.6 is 0 Å². The van der Waals surface area contributed by atoms with Crippen LogP contribution in [0.4, 0.5) is 5.69 Å². The molecule has 0 saturated heterocycles. The number of carbonyl (C=O) groups excluding carboxylic acids is 1. The van der Waals surface area contributed by atoms with Crippen molar-refractivity contribution < 1.29 is 4.79 Å². The van der Waals surface area contributed by atoms with Crippen LogP contribution in [0.2, 0.25) is 0 Å². The number of nitrogens with one attached hydrogen (secondary N) is 1. The van der Waals surface area contributed by atoms with Crippen LogP contribution in [-0.4, -0.2) is 12.3 Å². The Balaban J connectivity index is 1.81. The minimum absolute atomic E-state index is 0.445. The third-order valence-corrected chi connectivity index (χ3v) is 4.08. The fraction of sp³-hybridized carbons (Fsp3) is 0.533. The summed E-state index contributed by atoms with van der Waals surface area (Å²) in [7, 11) is 0. The van der Waals surface area contributed by atoms with Crippen molar-refractivity contribution in [1.82, 2.24) is 0 Å². The van der Waals surface area contributed by atoms with E-state index in [2.05, 4.69) is 23.5 Å². The third-order valence-electron chi connectivity index (χ3n) is 4.08. The molecule has 0 radical (unpaired) electrons. The zero-order chi connectivity index (χ0) is 11.7. The van der Waals surface area contributed by atoms with Gasteiger partial charge < -0.3 is 5.32 Å². The summed E-state index contributed by atoms with van der Waals surface area (Å²) in [4.78, 5) is 11.3. The first-order valence-corrected chi connectivity index (χ1v) is 6.71. The molecule has 0 atom stereocenters. The molecule has 2 nitrogen and oxygen atoms in total. The van der Waals surface area contributed by atoms with Crippen LogP contribution in [0.25, 0.3) is 0 Å². The van der Waals surface area contributed by atoms with Gasteiger partial charge in [0.25, 0.3) is 0 Å². The lowest BCUT2D eigenvalue weighted by Gasteiger charge is -2.24. The number of Topliss-reactive ketones (excluding diaryl/α,β-unsaturated/α-hetero) is 1. The van der Waals surface area contributed by atoms with Gasteiger partial charge in [0.2, 0.25) is 0 Å². The summed E-state index contributed by atoms with van der Waals surface area (Å²) < 4.78 is 0. The van der Waals surface area contributed by atoms with Crippen molar-refractivity contribution in [3.8, 4) is 0 Å². The van der Waals surface area contributed by atoms with E-state index in [1.165, 1.54) is 29.7 Å². The highest BCUT2D eigenvalue weighted by atomic mass is 16.1. The molecule has 1 aromatic rings. The molecule has 0 bridgehead atoms. The van der Waals surface area contributed by atoms with E-state index in [1.807, 2.05) is 0 Å². The van der Waals surface area contributed by atoms with Gasteiger partial charge in [-0.25, -0.2) is 0 Å². The van der Waals surface area contributed by atoms with Crippen molar-refractivity contribution in [2.45, 2.75) is 44.4 Å². The maximum Gasteiger partial charge on any atom is 0.132 e. The maximum atomic E-state index is 11.3. The van der Waals surface area contributed by atoms with Gasteiger partial charge in [0.1, 0.15) is 5.78 Å². The summed E-state index contributed by atoms with van der Waals surface area (Å²) in [5, 5.41) is 3.45. The SMILES string of the molecule is O=C1CCC(c2ccc3c(c2)CCCN3)CC1. The number of carbonyl (C=O) groups is 1. The highest BCUT2D eigenvalue weighted by Crippen LogP contribution is 2.34. The molecule has 0 amide bonds.